The van der Waals surface area contributed by atoms with E-state index in [-0.39, 0.29) is 17.9 Å². The molecule has 0 N–H and O–H groups in total. The highest BCUT2D eigenvalue weighted by Gasteiger charge is 2.42. The summed E-state index contributed by atoms with van der Waals surface area (Å²) in [6.07, 6.45) is -1.66. The normalized spacial score (nSPS) is 14.3. The number of anilines is 2. The highest BCUT2D eigenvalue weighted by atomic mass is 19.4. The summed E-state index contributed by atoms with van der Waals surface area (Å²) < 4.78 is 42.9. The Balaban J connectivity index is 2.39. The van der Waals surface area contributed by atoms with Crippen LogP contribution in [0.25, 0.3) is 0 Å². The van der Waals surface area contributed by atoms with Crippen molar-refractivity contribution in [3.8, 4) is 0 Å². The molecule has 0 bridgehead atoms. The highest BCUT2D eigenvalue weighted by Crippen LogP contribution is 2.30. The number of carbonyl (C=O) groups is 2. The number of amides is 1. The van der Waals surface area contributed by atoms with E-state index in [9.17, 15) is 22.8 Å². The van der Waals surface area contributed by atoms with Crippen molar-refractivity contribution in [3.05, 3.63) is 36.4 Å². The molecule has 0 atom stereocenters. The molecule has 0 spiro atoms. The van der Waals surface area contributed by atoms with Crippen LogP contribution < -0.4 is 9.80 Å². The largest absolute Gasteiger partial charge is 0.471 e. The van der Waals surface area contributed by atoms with E-state index in [1.54, 1.807) is 6.07 Å². The summed E-state index contributed by atoms with van der Waals surface area (Å²) in [5.74, 6) is -2.68. The lowest BCUT2D eigenvalue weighted by molar-refractivity contribution is -0.170. The molecule has 1 aliphatic rings. The Morgan fingerprint density at radius 2 is 1.96 bits per heavy atom. The van der Waals surface area contributed by atoms with Crippen molar-refractivity contribution in [1.82, 2.24) is 0 Å². The van der Waals surface area contributed by atoms with Gasteiger partial charge < -0.3 is 14.5 Å². The van der Waals surface area contributed by atoms with Gasteiger partial charge in [0, 0.05) is 25.8 Å². The van der Waals surface area contributed by atoms with Crippen LogP contribution in [0.15, 0.2) is 30.9 Å². The summed E-state index contributed by atoms with van der Waals surface area (Å²) in [6, 6.07) is 4.19. The standard InChI is InChI=1S/C17H19F3N2O3/c1-3-10-25-15(23)13-11-12(21(2)16(24)17(18,19)20)6-7-14(13)22-8-4-5-9-22/h3,6-7,11H,1,4-5,8-10H2,2H3. The molecule has 0 aromatic heterocycles. The maximum atomic E-state index is 12.6. The van der Waals surface area contributed by atoms with Gasteiger partial charge in [0.2, 0.25) is 0 Å². The second-order valence-electron chi connectivity index (χ2n) is 5.64. The molecular weight excluding hydrogens is 337 g/mol. The van der Waals surface area contributed by atoms with Crippen molar-refractivity contribution in [1.29, 1.82) is 0 Å². The average Bonchev–Trinajstić information content (AvgIpc) is 3.11. The lowest BCUT2D eigenvalue weighted by Crippen LogP contribution is -2.38. The maximum absolute atomic E-state index is 12.6. The zero-order valence-electron chi connectivity index (χ0n) is 13.8. The van der Waals surface area contributed by atoms with E-state index in [4.69, 9.17) is 4.74 Å². The molecule has 0 unspecified atom stereocenters. The number of benzene rings is 1. The summed E-state index contributed by atoms with van der Waals surface area (Å²) in [7, 11) is 1.01. The number of rotatable bonds is 5. The number of alkyl halides is 3. The average molecular weight is 356 g/mol. The quantitative estimate of drug-likeness (QED) is 0.601. The minimum Gasteiger partial charge on any atom is -0.458 e. The van der Waals surface area contributed by atoms with Gasteiger partial charge in [0.1, 0.15) is 6.61 Å². The predicted molar refractivity (Wildman–Crippen MR) is 87.8 cm³/mol. The second-order valence-corrected chi connectivity index (χ2v) is 5.64. The number of hydrogen-bond acceptors (Lipinski definition) is 4. The van der Waals surface area contributed by atoms with Crippen molar-refractivity contribution in [2.24, 2.45) is 0 Å². The number of hydrogen-bond donors (Lipinski definition) is 0. The molecule has 2 rings (SSSR count). The zero-order chi connectivity index (χ0) is 18.6. The lowest BCUT2D eigenvalue weighted by atomic mass is 10.1. The number of nitrogens with zero attached hydrogens (tertiary/aromatic N) is 2. The van der Waals surface area contributed by atoms with Crippen LogP contribution in [0.5, 0.6) is 0 Å². The van der Waals surface area contributed by atoms with E-state index in [1.807, 2.05) is 4.90 Å². The first-order chi connectivity index (χ1) is 11.8. The third-order valence-electron chi connectivity index (χ3n) is 3.91. The first-order valence-corrected chi connectivity index (χ1v) is 7.77. The smallest absolute Gasteiger partial charge is 0.458 e. The first-order valence-electron chi connectivity index (χ1n) is 7.77. The molecule has 1 aliphatic heterocycles. The molecule has 1 saturated heterocycles. The van der Waals surface area contributed by atoms with Crippen molar-refractivity contribution in [2.75, 3.05) is 36.5 Å². The Labute approximate surface area is 143 Å². The van der Waals surface area contributed by atoms with E-state index in [2.05, 4.69) is 6.58 Å². The SMILES string of the molecule is C=CCOC(=O)c1cc(N(C)C(=O)C(F)(F)F)ccc1N1CCCC1. The monoisotopic (exact) mass is 356 g/mol. The molecule has 0 radical (unpaired) electrons. The zero-order valence-corrected chi connectivity index (χ0v) is 13.8. The van der Waals surface area contributed by atoms with E-state index >= 15 is 0 Å². The predicted octanol–water partition coefficient (Wildman–Crippen LogP) is 3.15. The van der Waals surface area contributed by atoms with E-state index in [1.165, 1.54) is 18.2 Å². The lowest BCUT2D eigenvalue weighted by Gasteiger charge is -2.24. The van der Waals surface area contributed by atoms with Crippen LogP contribution in [0.3, 0.4) is 0 Å². The molecule has 136 valence electrons. The van der Waals surface area contributed by atoms with Gasteiger partial charge in [-0.2, -0.15) is 13.2 Å². The number of ether oxygens (including phenoxy) is 1. The molecule has 25 heavy (non-hydrogen) atoms. The Morgan fingerprint density at radius 1 is 1.32 bits per heavy atom. The maximum Gasteiger partial charge on any atom is 0.471 e. The van der Waals surface area contributed by atoms with Crippen LogP contribution in [0.4, 0.5) is 24.5 Å². The van der Waals surface area contributed by atoms with Gasteiger partial charge in [-0.05, 0) is 31.0 Å². The topological polar surface area (TPSA) is 49.9 Å². The Bertz CT molecular complexity index is 668. The van der Waals surface area contributed by atoms with Crippen molar-refractivity contribution >= 4 is 23.3 Å². The first kappa shape index (κ1) is 18.8. The molecule has 1 amide bonds. The molecule has 1 aromatic rings. The van der Waals surface area contributed by atoms with Crippen molar-refractivity contribution in [2.45, 2.75) is 19.0 Å². The minimum absolute atomic E-state index is 0.0141. The van der Waals surface area contributed by atoms with E-state index in [0.29, 0.717) is 10.6 Å². The summed E-state index contributed by atoms with van der Waals surface area (Å²) in [5, 5.41) is 0. The van der Waals surface area contributed by atoms with Crippen LogP contribution in [-0.4, -0.2) is 44.8 Å². The molecule has 0 saturated carbocycles. The van der Waals surface area contributed by atoms with Crippen molar-refractivity contribution in [3.63, 3.8) is 0 Å². The third-order valence-corrected chi connectivity index (χ3v) is 3.91. The molecule has 1 heterocycles. The molecule has 8 heteroatoms. The Hall–Kier alpha value is -2.51. The van der Waals surface area contributed by atoms with Gasteiger partial charge in [-0.25, -0.2) is 4.79 Å². The third kappa shape index (κ3) is 4.32. The van der Waals surface area contributed by atoms with Crippen LogP contribution in [0, 0.1) is 0 Å². The van der Waals surface area contributed by atoms with Gasteiger partial charge >= 0.3 is 18.1 Å². The van der Waals surface area contributed by atoms with Gasteiger partial charge in [0.25, 0.3) is 0 Å². The fraction of sp³-hybridized carbons (Fsp3) is 0.412. The highest BCUT2D eigenvalue weighted by molar-refractivity contribution is 6.01. The van der Waals surface area contributed by atoms with Gasteiger partial charge in [-0.3, -0.25) is 4.79 Å². The van der Waals surface area contributed by atoms with Crippen LogP contribution in [0.2, 0.25) is 0 Å². The summed E-state index contributed by atoms with van der Waals surface area (Å²) >= 11 is 0. The second kappa shape index (κ2) is 7.58. The van der Waals surface area contributed by atoms with Crippen LogP contribution in [-0.2, 0) is 9.53 Å². The number of halogens is 3. The Morgan fingerprint density at radius 3 is 2.52 bits per heavy atom. The van der Waals surface area contributed by atoms with Gasteiger partial charge in [-0.15, -0.1) is 0 Å². The van der Waals surface area contributed by atoms with Crippen molar-refractivity contribution < 1.29 is 27.5 Å². The molecule has 5 nitrogen and oxygen atoms in total. The number of carbonyl (C=O) groups excluding carboxylic acids is 2. The summed E-state index contributed by atoms with van der Waals surface area (Å²) in [5.41, 5.74) is 0.682. The van der Waals surface area contributed by atoms with Crippen LogP contribution >= 0.6 is 0 Å². The number of esters is 1. The minimum atomic E-state index is -4.99. The molecule has 1 aromatic carbocycles. The molecule has 1 fully saturated rings. The van der Waals surface area contributed by atoms with Gasteiger partial charge in [0.15, 0.2) is 0 Å². The van der Waals surface area contributed by atoms with Gasteiger partial charge in [0.05, 0.1) is 11.3 Å². The Kier molecular flexibility index (Phi) is 5.71. The molecule has 0 aliphatic carbocycles. The fourth-order valence-electron chi connectivity index (χ4n) is 2.65. The van der Waals surface area contributed by atoms with Crippen LogP contribution in [0.1, 0.15) is 23.2 Å². The fourth-order valence-corrected chi connectivity index (χ4v) is 2.65. The van der Waals surface area contributed by atoms with E-state index < -0.39 is 18.1 Å². The summed E-state index contributed by atoms with van der Waals surface area (Å²) in [6.45, 7) is 4.94. The molecular formula is C17H19F3N2O3. The summed E-state index contributed by atoms with van der Waals surface area (Å²) in [4.78, 5) is 26.2. The van der Waals surface area contributed by atoms with E-state index in [0.717, 1.165) is 33.0 Å². The van der Waals surface area contributed by atoms with Gasteiger partial charge in [-0.1, -0.05) is 12.7 Å².